The number of phenolic OH excluding ortho intramolecular Hbond substituents is 2. The summed E-state index contributed by atoms with van der Waals surface area (Å²) < 4.78 is 0. The van der Waals surface area contributed by atoms with Crippen molar-refractivity contribution in [3.05, 3.63) is 23.8 Å². The molecule has 0 aliphatic heterocycles. The molecule has 1 atom stereocenters. The lowest BCUT2D eigenvalue weighted by molar-refractivity contribution is 0.274. The van der Waals surface area contributed by atoms with Crippen LogP contribution in [0.1, 0.15) is 46.6 Å². The van der Waals surface area contributed by atoms with E-state index in [0.29, 0.717) is 11.8 Å². The van der Waals surface area contributed by atoms with Crippen molar-refractivity contribution >= 4 is 0 Å². The van der Waals surface area contributed by atoms with Crippen LogP contribution in [0.25, 0.3) is 0 Å². The molecule has 1 rings (SSSR count). The number of rotatable bonds is 4. The third kappa shape index (κ3) is 3.15. The van der Waals surface area contributed by atoms with Gasteiger partial charge in [0.15, 0.2) is 0 Å². The SMILES string of the molecule is CC(C)CC(C)(c1cc(O)cc(O)c1)C(C)C. The standard InChI is InChI=1S/C15H24O2/c1-10(2)9-15(5,11(3)4)12-6-13(16)8-14(17)7-12/h6-8,10-11,16-17H,9H2,1-5H3. The van der Waals surface area contributed by atoms with E-state index in [1.807, 2.05) is 0 Å². The summed E-state index contributed by atoms with van der Waals surface area (Å²) in [6.45, 7) is 11.0. The first-order valence-electron chi connectivity index (χ1n) is 6.29. The topological polar surface area (TPSA) is 40.5 Å². The van der Waals surface area contributed by atoms with Gasteiger partial charge in [-0.15, -0.1) is 0 Å². The molecule has 0 amide bonds. The van der Waals surface area contributed by atoms with E-state index < -0.39 is 0 Å². The fourth-order valence-corrected chi connectivity index (χ4v) is 2.46. The molecular weight excluding hydrogens is 212 g/mol. The van der Waals surface area contributed by atoms with Gasteiger partial charge in [0.1, 0.15) is 11.5 Å². The van der Waals surface area contributed by atoms with Crippen LogP contribution in [0, 0.1) is 11.8 Å². The summed E-state index contributed by atoms with van der Waals surface area (Å²) >= 11 is 0. The first kappa shape index (κ1) is 13.9. The molecule has 2 nitrogen and oxygen atoms in total. The summed E-state index contributed by atoms with van der Waals surface area (Å²) in [5.41, 5.74) is 0.989. The number of aromatic hydroxyl groups is 2. The first-order valence-corrected chi connectivity index (χ1v) is 6.29. The largest absolute Gasteiger partial charge is 0.508 e. The lowest BCUT2D eigenvalue weighted by Crippen LogP contribution is -2.30. The molecule has 1 aromatic rings. The van der Waals surface area contributed by atoms with Crippen LogP contribution in [-0.2, 0) is 5.41 Å². The Morgan fingerprint density at radius 1 is 1.00 bits per heavy atom. The first-order chi connectivity index (χ1) is 7.75. The van der Waals surface area contributed by atoms with E-state index in [2.05, 4.69) is 34.6 Å². The minimum atomic E-state index is -0.0234. The van der Waals surface area contributed by atoms with Crippen molar-refractivity contribution in [1.29, 1.82) is 0 Å². The zero-order valence-corrected chi connectivity index (χ0v) is 11.5. The predicted octanol–water partition coefficient (Wildman–Crippen LogP) is 4.06. The van der Waals surface area contributed by atoms with Gasteiger partial charge in [0, 0.05) is 6.07 Å². The quantitative estimate of drug-likeness (QED) is 0.827. The van der Waals surface area contributed by atoms with Gasteiger partial charge in [-0.3, -0.25) is 0 Å². The van der Waals surface area contributed by atoms with Crippen molar-refractivity contribution in [2.24, 2.45) is 11.8 Å². The minimum Gasteiger partial charge on any atom is -0.508 e. The molecule has 2 heteroatoms. The van der Waals surface area contributed by atoms with E-state index in [9.17, 15) is 10.2 Å². The molecule has 0 saturated heterocycles. The lowest BCUT2D eigenvalue weighted by atomic mass is 9.68. The predicted molar refractivity (Wildman–Crippen MR) is 71.4 cm³/mol. The summed E-state index contributed by atoms with van der Waals surface area (Å²) in [4.78, 5) is 0. The minimum absolute atomic E-state index is 0.0234. The molecule has 1 unspecified atom stereocenters. The number of hydrogen-bond acceptors (Lipinski definition) is 2. The second-order valence-electron chi connectivity index (χ2n) is 5.91. The zero-order valence-electron chi connectivity index (χ0n) is 11.5. The molecule has 0 aliphatic rings. The van der Waals surface area contributed by atoms with Crippen molar-refractivity contribution in [2.75, 3.05) is 0 Å². The highest BCUT2D eigenvalue weighted by molar-refractivity contribution is 5.40. The molecule has 17 heavy (non-hydrogen) atoms. The maximum atomic E-state index is 9.61. The highest BCUT2D eigenvalue weighted by Crippen LogP contribution is 2.40. The van der Waals surface area contributed by atoms with Gasteiger partial charge in [-0.25, -0.2) is 0 Å². The highest BCUT2D eigenvalue weighted by Gasteiger charge is 2.31. The van der Waals surface area contributed by atoms with E-state index in [-0.39, 0.29) is 16.9 Å². The van der Waals surface area contributed by atoms with Crippen LogP contribution >= 0.6 is 0 Å². The fraction of sp³-hybridized carbons (Fsp3) is 0.600. The Kier molecular flexibility index (Phi) is 4.07. The highest BCUT2D eigenvalue weighted by atomic mass is 16.3. The van der Waals surface area contributed by atoms with E-state index in [0.717, 1.165) is 12.0 Å². The van der Waals surface area contributed by atoms with Gasteiger partial charge in [0.05, 0.1) is 0 Å². The van der Waals surface area contributed by atoms with Crippen LogP contribution in [-0.4, -0.2) is 10.2 Å². The Balaban J connectivity index is 3.22. The van der Waals surface area contributed by atoms with Crippen LogP contribution in [0.2, 0.25) is 0 Å². The summed E-state index contributed by atoms with van der Waals surface area (Å²) in [6.07, 6.45) is 1.04. The molecule has 0 aliphatic carbocycles. The smallest absolute Gasteiger partial charge is 0.119 e. The Hall–Kier alpha value is -1.18. The van der Waals surface area contributed by atoms with Gasteiger partial charge in [-0.1, -0.05) is 34.6 Å². The lowest BCUT2D eigenvalue weighted by Gasteiger charge is -2.36. The molecule has 96 valence electrons. The second-order valence-corrected chi connectivity index (χ2v) is 5.91. The van der Waals surface area contributed by atoms with E-state index >= 15 is 0 Å². The van der Waals surface area contributed by atoms with Gasteiger partial charge in [-0.2, -0.15) is 0 Å². The second kappa shape index (κ2) is 4.99. The van der Waals surface area contributed by atoms with Crippen LogP contribution in [0.5, 0.6) is 11.5 Å². The molecule has 0 bridgehead atoms. The molecule has 2 N–H and O–H groups in total. The monoisotopic (exact) mass is 236 g/mol. The summed E-state index contributed by atoms with van der Waals surface area (Å²) in [6, 6.07) is 4.91. The Morgan fingerprint density at radius 2 is 1.47 bits per heavy atom. The fourth-order valence-electron chi connectivity index (χ4n) is 2.46. The molecule has 0 heterocycles. The van der Waals surface area contributed by atoms with Gasteiger partial charge in [0.2, 0.25) is 0 Å². The molecule has 0 aromatic heterocycles. The van der Waals surface area contributed by atoms with Gasteiger partial charge in [0.25, 0.3) is 0 Å². The van der Waals surface area contributed by atoms with E-state index in [1.54, 1.807) is 12.1 Å². The maximum absolute atomic E-state index is 9.61. The third-order valence-corrected chi connectivity index (χ3v) is 3.67. The normalized spacial score (nSPS) is 15.2. The van der Waals surface area contributed by atoms with Crippen LogP contribution in [0.15, 0.2) is 18.2 Å². The van der Waals surface area contributed by atoms with Crippen molar-refractivity contribution in [3.63, 3.8) is 0 Å². The molecule has 0 saturated carbocycles. The molecular formula is C15H24O2. The summed E-state index contributed by atoms with van der Waals surface area (Å²) in [5, 5.41) is 19.2. The average molecular weight is 236 g/mol. The van der Waals surface area contributed by atoms with Crippen LogP contribution in [0.4, 0.5) is 0 Å². The molecule has 0 fully saturated rings. The maximum Gasteiger partial charge on any atom is 0.119 e. The van der Waals surface area contributed by atoms with Crippen LogP contribution in [0.3, 0.4) is 0 Å². The van der Waals surface area contributed by atoms with E-state index in [4.69, 9.17) is 0 Å². The average Bonchev–Trinajstić information content (AvgIpc) is 2.14. The number of benzene rings is 1. The van der Waals surface area contributed by atoms with Crippen molar-refractivity contribution < 1.29 is 10.2 Å². The van der Waals surface area contributed by atoms with Gasteiger partial charge in [-0.05, 0) is 41.4 Å². The Bertz CT molecular complexity index is 362. The van der Waals surface area contributed by atoms with Crippen molar-refractivity contribution in [2.45, 2.75) is 46.5 Å². The number of hydrogen-bond donors (Lipinski definition) is 2. The third-order valence-electron chi connectivity index (χ3n) is 3.67. The number of phenols is 2. The molecule has 0 spiro atoms. The Labute approximate surface area is 104 Å². The molecule has 1 aromatic carbocycles. The van der Waals surface area contributed by atoms with E-state index in [1.165, 1.54) is 6.07 Å². The zero-order chi connectivity index (χ0) is 13.2. The van der Waals surface area contributed by atoms with Gasteiger partial charge < -0.3 is 10.2 Å². The van der Waals surface area contributed by atoms with Crippen molar-refractivity contribution in [1.82, 2.24) is 0 Å². The summed E-state index contributed by atoms with van der Waals surface area (Å²) in [5.74, 6) is 1.30. The van der Waals surface area contributed by atoms with Gasteiger partial charge >= 0.3 is 0 Å². The Morgan fingerprint density at radius 3 is 1.82 bits per heavy atom. The van der Waals surface area contributed by atoms with Crippen molar-refractivity contribution in [3.8, 4) is 11.5 Å². The summed E-state index contributed by atoms with van der Waals surface area (Å²) in [7, 11) is 0. The van der Waals surface area contributed by atoms with Crippen LogP contribution < -0.4 is 0 Å². The molecule has 0 radical (unpaired) electrons.